The zero-order valence-electron chi connectivity index (χ0n) is 9.64. The topological polar surface area (TPSA) is 56.1 Å². The Bertz CT molecular complexity index is 375. The van der Waals surface area contributed by atoms with Crippen LogP contribution < -0.4 is 5.32 Å². The van der Waals surface area contributed by atoms with Crippen LogP contribution in [0.2, 0.25) is 0 Å². The number of rotatable bonds is 4. The molecule has 5 heteroatoms. The Balaban J connectivity index is 2.09. The van der Waals surface area contributed by atoms with Gasteiger partial charge in [0.1, 0.15) is 0 Å². The first-order chi connectivity index (χ1) is 7.72. The number of likely N-dealkylation sites (N-methyl/N-ethyl adjacent to an activating group) is 1. The van der Waals surface area contributed by atoms with E-state index in [2.05, 4.69) is 10.4 Å². The minimum absolute atomic E-state index is 0.0795. The smallest absolute Gasteiger partial charge is 0.173 e. The second kappa shape index (κ2) is 4.76. The number of carbonyl (C=O) groups excluding carboxylic acids is 1. The van der Waals surface area contributed by atoms with E-state index in [4.69, 9.17) is 4.74 Å². The number of aryl methyl sites for hydroxylation is 1. The van der Waals surface area contributed by atoms with Crippen molar-refractivity contribution in [2.24, 2.45) is 13.0 Å². The van der Waals surface area contributed by atoms with Crippen molar-refractivity contribution in [3.63, 3.8) is 0 Å². The van der Waals surface area contributed by atoms with Crippen LogP contribution in [0.1, 0.15) is 17.3 Å². The van der Waals surface area contributed by atoms with Gasteiger partial charge in [0.2, 0.25) is 0 Å². The van der Waals surface area contributed by atoms with Crippen molar-refractivity contribution >= 4 is 5.78 Å². The molecule has 1 aromatic rings. The number of ether oxygens (including phenoxy) is 1. The first-order valence-electron chi connectivity index (χ1n) is 5.56. The third kappa shape index (κ3) is 2.15. The summed E-state index contributed by atoms with van der Waals surface area (Å²) in [4.78, 5) is 12.2. The molecule has 1 aliphatic rings. The Morgan fingerprint density at radius 3 is 3.12 bits per heavy atom. The van der Waals surface area contributed by atoms with Gasteiger partial charge in [0.15, 0.2) is 5.78 Å². The van der Waals surface area contributed by atoms with Crippen molar-refractivity contribution in [2.75, 3.05) is 19.8 Å². The first kappa shape index (κ1) is 11.3. The second-order valence-electron chi connectivity index (χ2n) is 4.08. The normalized spacial score (nSPS) is 24.9. The lowest BCUT2D eigenvalue weighted by Gasteiger charge is -2.16. The molecule has 2 unspecified atom stereocenters. The Morgan fingerprint density at radius 2 is 2.50 bits per heavy atom. The highest BCUT2D eigenvalue weighted by Gasteiger charge is 2.34. The molecule has 0 bridgehead atoms. The molecular formula is C11H17N3O2. The third-order valence-electron chi connectivity index (χ3n) is 2.87. The van der Waals surface area contributed by atoms with Gasteiger partial charge in [-0.1, -0.05) is 6.92 Å². The fraction of sp³-hybridized carbons (Fsp3) is 0.636. The standard InChI is InChI=1S/C11H17N3O2/c1-3-12-10-7-16-6-9(10)11(15)8-4-13-14(2)5-8/h4-5,9-10,12H,3,6-7H2,1-2H3. The summed E-state index contributed by atoms with van der Waals surface area (Å²) in [7, 11) is 1.81. The molecule has 88 valence electrons. The molecule has 1 fully saturated rings. The van der Waals surface area contributed by atoms with Gasteiger partial charge in [-0.15, -0.1) is 0 Å². The van der Waals surface area contributed by atoms with Crippen molar-refractivity contribution in [2.45, 2.75) is 13.0 Å². The van der Waals surface area contributed by atoms with E-state index in [-0.39, 0.29) is 17.7 Å². The zero-order valence-corrected chi connectivity index (χ0v) is 9.64. The van der Waals surface area contributed by atoms with Crippen LogP contribution in [0.3, 0.4) is 0 Å². The molecule has 0 radical (unpaired) electrons. The zero-order chi connectivity index (χ0) is 11.5. The number of nitrogens with one attached hydrogen (secondary N) is 1. The Labute approximate surface area is 94.8 Å². The number of ketones is 1. The van der Waals surface area contributed by atoms with Crippen molar-refractivity contribution in [1.82, 2.24) is 15.1 Å². The van der Waals surface area contributed by atoms with Crippen LogP contribution >= 0.6 is 0 Å². The lowest BCUT2D eigenvalue weighted by molar-refractivity contribution is 0.0891. The van der Waals surface area contributed by atoms with Gasteiger partial charge in [-0.3, -0.25) is 9.48 Å². The maximum atomic E-state index is 12.2. The predicted molar refractivity (Wildman–Crippen MR) is 59.3 cm³/mol. The van der Waals surface area contributed by atoms with Gasteiger partial charge in [-0.2, -0.15) is 5.10 Å². The number of nitrogens with zero attached hydrogens (tertiary/aromatic N) is 2. The summed E-state index contributed by atoms with van der Waals surface area (Å²) in [5, 5.41) is 7.29. The Morgan fingerprint density at radius 1 is 1.69 bits per heavy atom. The average molecular weight is 223 g/mol. The molecule has 0 amide bonds. The molecule has 1 aliphatic heterocycles. The summed E-state index contributed by atoms with van der Waals surface area (Å²) in [6.45, 7) is 4.00. The van der Waals surface area contributed by atoms with Gasteiger partial charge in [-0.25, -0.2) is 0 Å². The van der Waals surface area contributed by atoms with Gasteiger partial charge < -0.3 is 10.1 Å². The van der Waals surface area contributed by atoms with Crippen LogP contribution in [0, 0.1) is 5.92 Å². The van der Waals surface area contributed by atoms with E-state index in [1.165, 1.54) is 0 Å². The molecule has 0 saturated carbocycles. The molecule has 5 nitrogen and oxygen atoms in total. The monoisotopic (exact) mass is 223 g/mol. The second-order valence-corrected chi connectivity index (χ2v) is 4.08. The largest absolute Gasteiger partial charge is 0.379 e. The number of hydrogen-bond donors (Lipinski definition) is 1. The van der Waals surface area contributed by atoms with Gasteiger partial charge in [-0.05, 0) is 6.54 Å². The van der Waals surface area contributed by atoms with Crippen molar-refractivity contribution < 1.29 is 9.53 Å². The Hall–Kier alpha value is -1.20. The molecule has 1 aromatic heterocycles. The van der Waals surface area contributed by atoms with E-state index >= 15 is 0 Å². The van der Waals surface area contributed by atoms with Crippen LogP contribution in [0.5, 0.6) is 0 Å². The summed E-state index contributed by atoms with van der Waals surface area (Å²) < 4.78 is 7.01. The summed E-state index contributed by atoms with van der Waals surface area (Å²) >= 11 is 0. The first-order valence-corrected chi connectivity index (χ1v) is 5.56. The van der Waals surface area contributed by atoms with Crippen LogP contribution in [-0.2, 0) is 11.8 Å². The third-order valence-corrected chi connectivity index (χ3v) is 2.87. The highest BCUT2D eigenvalue weighted by Crippen LogP contribution is 2.18. The fourth-order valence-corrected chi connectivity index (χ4v) is 2.04. The number of aromatic nitrogens is 2. The van der Waals surface area contributed by atoms with Crippen molar-refractivity contribution in [3.05, 3.63) is 18.0 Å². The summed E-state index contributed by atoms with van der Waals surface area (Å²) in [5.74, 6) is 0.0423. The van der Waals surface area contributed by atoms with Gasteiger partial charge >= 0.3 is 0 Å². The highest BCUT2D eigenvalue weighted by molar-refractivity contribution is 5.98. The van der Waals surface area contributed by atoms with E-state index in [9.17, 15) is 4.79 Å². The van der Waals surface area contributed by atoms with E-state index < -0.39 is 0 Å². The van der Waals surface area contributed by atoms with Crippen molar-refractivity contribution in [3.8, 4) is 0 Å². The maximum Gasteiger partial charge on any atom is 0.173 e. The van der Waals surface area contributed by atoms with Crippen LogP contribution in [0.15, 0.2) is 12.4 Å². The molecule has 2 heterocycles. The number of hydrogen-bond acceptors (Lipinski definition) is 4. The van der Waals surface area contributed by atoms with Gasteiger partial charge in [0, 0.05) is 19.3 Å². The quantitative estimate of drug-likeness (QED) is 0.742. The predicted octanol–water partition coefficient (Wildman–Crippen LogP) is 0.227. The molecule has 0 aromatic carbocycles. The van der Waals surface area contributed by atoms with Crippen LogP contribution in [0.4, 0.5) is 0 Å². The summed E-state index contributed by atoms with van der Waals surface area (Å²) in [6.07, 6.45) is 3.37. The summed E-state index contributed by atoms with van der Waals surface area (Å²) in [6, 6.07) is 0.137. The number of Topliss-reactive ketones (excluding diaryl/α,β-unsaturated/α-hetero) is 1. The highest BCUT2D eigenvalue weighted by atomic mass is 16.5. The minimum Gasteiger partial charge on any atom is -0.379 e. The van der Waals surface area contributed by atoms with Crippen LogP contribution in [0.25, 0.3) is 0 Å². The van der Waals surface area contributed by atoms with E-state index in [1.807, 2.05) is 14.0 Å². The van der Waals surface area contributed by atoms with Gasteiger partial charge in [0.25, 0.3) is 0 Å². The van der Waals surface area contributed by atoms with E-state index in [0.717, 1.165) is 6.54 Å². The lowest BCUT2D eigenvalue weighted by Crippen LogP contribution is -2.39. The lowest BCUT2D eigenvalue weighted by atomic mass is 9.95. The number of carbonyl (C=O) groups is 1. The van der Waals surface area contributed by atoms with Crippen molar-refractivity contribution in [1.29, 1.82) is 0 Å². The minimum atomic E-state index is -0.0795. The Kier molecular flexibility index (Phi) is 3.36. The van der Waals surface area contributed by atoms with E-state index in [0.29, 0.717) is 18.8 Å². The SMILES string of the molecule is CCNC1COCC1C(=O)c1cnn(C)c1. The van der Waals surface area contributed by atoms with Crippen LogP contribution in [-0.4, -0.2) is 41.4 Å². The molecule has 16 heavy (non-hydrogen) atoms. The molecule has 2 rings (SSSR count). The average Bonchev–Trinajstić information content (AvgIpc) is 2.87. The molecule has 0 spiro atoms. The van der Waals surface area contributed by atoms with E-state index in [1.54, 1.807) is 17.1 Å². The molecule has 2 atom stereocenters. The molecule has 1 saturated heterocycles. The fourth-order valence-electron chi connectivity index (χ4n) is 2.04. The van der Waals surface area contributed by atoms with Gasteiger partial charge in [0.05, 0.1) is 30.9 Å². The molecule has 1 N–H and O–H groups in total. The summed E-state index contributed by atoms with van der Waals surface area (Å²) in [5.41, 5.74) is 0.668. The molecular weight excluding hydrogens is 206 g/mol. The molecule has 0 aliphatic carbocycles. The maximum absolute atomic E-state index is 12.2.